The Balaban J connectivity index is 1.20. The summed E-state index contributed by atoms with van der Waals surface area (Å²) in [5.41, 5.74) is 6.19. The lowest BCUT2D eigenvalue weighted by atomic mass is 10.0. The van der Waals surface area contributed by atoms with Gasteiger partial charge in [0.2, 0.25) is 5.95 Å². The summed E-state index contributed by atoms with van der Waals surface area (Å²) in [5, 5.41) is 14.4. The number of hydrogen-bond acceptors (Lipinski definition) is 7. The van der Waals surface area contributed by atoms with E-state index in [0.717, 1.165) is 28.2 Å². The van der Waals surface area contributed by atoms with Crippen LogP contribution >= 0.6 is 0 Å². The minimum Gasteiger partial charge on any atom is -0.324 e. The van der Waals surface area contributed by atoms with Crippen LogP contribution < -0.4 is 5.32 Å². The van der Waals surface area contributed by atoms with Crippen LogP contribution in [0.4, 0.5) is 16.0 Å². The van der Waals surface area contributed by atoms with Gasteiger partial charge in [-0.25, -0.2) is 24.0 Å². The lowest BCUT2D eigenvalue weighted by molar-refractivity contribution is 0.629. The van der Waals surface area contributed by atoms with Crippen molar-refractivity contribution in [1.29, 1.82) is 0 Å². The van der Waals surface area contributed by atoms with E-state index in [1.165, 1.54) is 12.1 Å². The van der Waals surface area contributed by atoms with Crippen LogP contribution in [0.2, 0.25) is 0 Å². The molecule has 4 heterocycles. The van der Waals surface area contributed by atoms with Crippen LogP contribution in [-0.2, 0) is 0 Å². The van der Waals surface area contributed by atoms with Gasteiger partial charge in [0, 0.05) is 46.7 Å². The SMILES string of the molecule is Cc1ccc(-c2ncn(-c3ccc(Nc4nccc(-c5cc(F)cc(-c6cn[nH]c6)c5)n4)cc3)n2)cn1. The summed E-state index contributed by atoms with van der Waals surface area (Å²) in [5.74, 6) is 0.648. The molecule has 0 fully saturated rings. The van der Waals surface area contributed by atoms with E-state index >= 15 is 0 Å². The summed E-state index contributed by atoms with van der Waals surface area (Å²) < 4.78 is 16.0. The standard InChI is InChI=1S/C27H20FN9/c1-17-2-3-18(13-30-17)26-31-16-37(36-26)24-6-4-23(5-7-24)34-27-29-9-8-25(35-27)20-10-19(11-22(28)12-20)21-14-32-33-15-21/h2-16H,1H3,(H,32,33)(H,29,34,35). The normalized spacial score (nSPS) is 11.0. The minimum absolute atomic E-state index is 0.354. The van der Waals surface area contributed by atoms with Crippen molar-refractivity contribution < 1.29 is 4.39 Å². The molecule has 0 radical (unpaired) electrons. The van der Waals surface area contributed by atoms with E-state index in [1.54, 1.807) is 41.9 Å². The quantitative estimate of drug-likeness (QED) is 0.324. The number of nitrogens with zero attached hydrogens (tertiary/aromatic N) is 7. The smallest absolute Gasteiger partial charge is 0.227 e. The Bertz CT molecular complexity index is 1660. The third-order valence-corrected chi connectivity index (χ3v) is 5.73. The molecule has 6 aromatic rings. The highest BCUT2D eigenvalue weighted by Gasteiger charge is 2.10. The number of anilines is 2. The molecule has 0 spiro atoms. The zero-order valence-corrected chi connectivity index (χ0v) is 19.7. The van der Waals surface area contributed by atoms with E-state index in [2.05, 4.69) is 40.5 Å². The zero-order valence-electron chi connectivity index (χ0n) is 19.7. The van der Waals surface area contributed by atoms with E-state index in [-0.39, 0.29) is 5.82 Å². The predicted octanol–water partition coefficient (Wildman–Crippen LogP) is 5.37. The van der Waals surface area contributed by atoms with Gasteiger partial charge in [0.1, 0.15) is 12.1 Å². The second-order valence-corrected chi connectivity index (χ2v) is 8.35. The Kier molecular flexibility index (Phi) is 5.66. The molecule has 0 bridgehead atoms. The highest BCUT2D eigenvalue weighted by Crippen LogP contribution is 2.27. The monoisotopic (exact) mass is 489 g/mol. The molecule has 9 nitrogen and oxygen atoms in total. The molecule has 0 aliphatic rings. The Morgan fingerprint density at radius 2 is 1.70 bits per heavy atom. The average molecular weight is 490 g/mol. The summed E-state index contributed by atoms with van der Waals surface area (Å²) in [7, 11) is 0. The second-order valence-electron chi connectivity index (χ2n) is 8.35. The van der Waals surface area contributed by atoms with Gasteiger partial charge in [0.25, 0.3) is 0 Å². The first-order valence-electron chi connectivity index (χ1n) is 11.5. The fourth-order valence-electron chi connectivity index (χ4n) is 3.84. The van der Waals surface area contributed by atoms with Gasteiger partial charge in [-0.3, -0.25) is 10.1 Å². The number of aromatic amines is 1. The number of benzene rings is 2. The van der Waals surface area contributed by atoms with E-state index in [0.29, 0.717) is 28.6 Å². The Hall–Kier alpha value is -5.25. The van der Waals surface area contributed by atoms with Crippen LogP contribution in [0.1, 0.15) is 5.69 Å². The average Bonchev–Trinajstić information content (AvgIpc) is 3.63. The number of hydrogen-bond donors (Lipinski definition) is 2. The van der Waals surface area contributed by atoms with Crippen molar-refractivity contribution in [2.45, 2.75) is 6.92 Å². The molecule has 180 valence electrons. The van der Waals surface area contributed by atoms with Crippen molar-refractivity contribution in [2.24, 2.45) is 0 Å². The number of aromatic nitrogens is 8. The third-order valence-electron chi connectivity index (χ3n) is 5.73. The van der Waals surface area contributed by atoms with Gasteiger partial charge in [-0.1, -0.05) is 0 Å². The van der Waals surface area contributed by atoms with Crippen molar-refractivity contribution in [3.63, 3.8) is 0 Å². The van der Waals surface area contributed by atoms with Crippen molar-refractivity contribution in [3.05, 3.63) is 103 Å². The molecule has 0 saturated heterocycles. The fraction of sp³-hybridized carbons (Fsp3) is 0.0370. The van der Waals surface area contributed by atoms with Gasteiger partial charge in [-0.05, 0) is 73.2 Å². The van der Waals surface area contributed by atoms with Gasteiger partial charge < -0.3 is 5.32 Å². The number of halogens is 1. The van der Waals surface area contributed by atoms with E-state index in [9.17, 15) is 4.39 Å². The maximum Gasteiger partial charge on any atom is 0.227 e. The lowest BCUT2D eigenvalue weighted by Gasteiger charge is -2.09. The van der Waals surface area contributed by atoms with Gasteiger partial charge in [-0.2, -0.15) is 5.10 Å². The molecule has 0 aliphatic carbocycles. The third kappa shape index (κ3) is 4.80. The predicted molar refractivity (Wildman–Crippen MR) is 138 cm³/mol. The van der Waals surface area contributed by atoms with Crippen LogP contribution in [0.5, 0.6) is 0 Å². The van der Waals surface area contributed by atoms with Gasteiger partial charge in [0.05, 0.1) is 17.6 Å². The van der Waals surface area contributed by atoms with Crippen LogP contribution in [-0.4, -0.2) is 39.9 Å². The molecule has 0 unspecified atom stereocenters. The Morgan fingerprint density at radius 1 is 0.838 bits per heavy atom. The maximum atomic E-state index is 14.3. The first-order valence-corrected chi connectivity index (χ1v) is 11.5. The van der Waals surface area contributed by atoms with Gasteiger partial charge >= 0.3 is 0 Å². The molecule has 10 heteroatoms. The van der Waals surface area contributed by atoms with Crippen LogP contribution in [0, 0.1) is 12.7 Å². The molecule has 0 saturated carbocycles. The summed E-state index contributed by atoms with van der Waals surface area (Å²) >= 11 is 0. The van der Waals surface area contributed by atoms with Crippen molar-refractivity contribution in [2.75, 3.05) is 5.32 Å². The molecular formula is C27H20FN9. The summed E-state index contributed by atoms with van der Waals surface area (Å²) in [6, 6.07) is 18.0. The molecule has 2 N–H and O–H groups in total. The van der Waals surface area contributed by atoms with Crippen LogP contribution in [0.25, 0.3) is 39.5 Å². The second kappa shape index (κ2) is 9.42. The molecular weight excluding hydrogens is 469 g/mol. The molecule has 2 aromatic carbocycles. The van der Waals surface area contributed by atoms with Gasteiger partial charge in [-0.15, -0.1) is 5.10 Å². The number of H-pyrrole nitrogens is 1. The molecule has 4 aromatic heterocycles. The number of aryl methyl sites for hydroxylation is 1. The maximum absolute atomic E-state index is 14.3. The molecule has 6 rings (SSSR count). The highest BCUT2D eigenvalue weighted by molar-refractivity contribution is 5.71. The number of rotatable bonds is 6. The number of pyridine rings is 1. The largest absolute Gasteiger partial charge is 0.324 e. The van der Waals surface area contributed by atoms with Gasteiger partial charge in [0.15, 0.2) is 5.82 Å². The molecule has 37 heavy (non-hydrogen) atoms. The fourth-order valence-corrected chi connectivity index (χ4v) is 3.84. The first-order chi connectivity index (χ1) is 18.1. The van der Waals surface area contributed by atoms with E-state index < -0.39 is 0 Å². The minimum atomic E-state index is -0.354. The Labute approximate surface area is 211 Å². The van der Waals surface area contributed by atoms with Crippen molar-refractivity contribution >= 4 is 11.6 Å². The summed E-state index contributed by atoms with van der Waals surface area (Å²) in [6.45, 7) is 1.94. The number of nitrogens with one attached hydrogen (secondary N) is 2. The zero-order chi connectivity index (χ0) is 25.2. The summed E-state index contributed by atoms with van der Waals surface area (Å²) in [4.78, 5) is 17.6. The van der Waals surface area contributed by atoms with Crippen LogP contribution in [0.15, 0.2) is 91.8 Å². The molecule has 0 amide bonds. The highest BCUT2D eigenvalue weighted by atomic mass is 19.1. The van der Waals surface area contributed by atoms with Crippen molar-refractivity contribution in [3.8, 4) is 39.5 Å². The molecule has 0 aliphatic heterocycles. The summed E-state index contributed by atoms with van der Waals surface area (Å²) in [6.07, 6.45) is 8.43. The Morgan fingerprint density at radius 3 is 2.49 bits per heavy atom. The van der Waals surface area contributed by atoms with E-state index in [1.807, 2.05) is 49.4 Å². The van der Waals surface area contributed by atoms with Crippen molar-refractivity contribution in [1.82, 2.24) is 39.9 Å². The van der Waals surface area contributed by atoms with Crippen LogP contribution in [0.3, 0.4) is 0 Å². The lowest BCUT2D eigenvalue weighted by Crippen LogP contribution is -1.99. The van der Waals surface area contributed by atoms with E-state index in [4.69, 9.17) is 0 Å². The first kappa shape index (κ1) is 22.2. The molecule has 0 atom stereocenters. The topological polar surface area (TPSA) is 110 Å².